The van der Waals surface area contributed by atoms with E-state index in [1.54, 1.807) is 18.5 Å². The minimum atomic E-state index is -0.292. The Bertz CT molecular complexity index is 437. The van der Waals surface area contributed by atoms with E-state index in [0.29, 0.717) is 18.1 Å². The zero-order chi connectivity index (χ0) is 11.4. The summed E-state index contributed by atoms with van der Waals surface area (Å²) in [5, 5.41) is 0. The fraction of sp³-hybridized carbons (Fsp3) is 0.167. The first-order chi connectivity index (χ1) is 7.75. The van der Waals surface area contributed by atoms with Gasteiger partial charge in [-0.05, 0) is 18.2 Å². The lowest BCUT2D eigenvalue weighted by Crippen LogP contribution is -2.21. The van der Waals surface area contributed by atoms with Crippen molar-refractivity contribution in [2.75, 3.05) is 0 Å². The Balaban J connectivity index is 2.31. The van der Waals surface area contributed by atoms with Crippen LogP contribution in [-0.2, 0) is 4.74 Å². The van der Waals surface area contributed by atoms with Crippen LogP contribution in [0.1, 0.15) is 12.0 Å². The topological polar surface area (TPSA) is 60.5 Å². The van der Waals surface area contributed by atoms with Crippen molar-refractivity contribution in [1.82, 2.24) is 4.98 Å². The Morgan fingerprint density at radius 1 is 1.50 bits per heavy atom. The largest absolute Gasteiger partial charge is 0.439 e. The van der Waals surface area contributed by atoms with Crippen molar-refractivity contribution in [3.63, 3.8) is 0 Å². The minimum absolute atomic E-state index is 0.292. The zero-order valence-electron chi connectivity index (χ0n) is 8.84. The summed E-state index contributed by atoms with van der Waals surface area (Å²) in [6.45, 7) is 3.77. The number of ether oxygens (including phenoxy) is 1. The monoisotopic (exact) mass is 215 g/mol. The highest BCUT2D eigenvalue weighted by atomic mass is 16.5. The van der Waals surface area contributed by atoms with E-state index in [0.717, 1.165) is 5.56 Å². The van der Waals surface area contributed by atoms with Gasteiger partial charge < -0.3 is 10.5 Å². The minimum Gasteiger partial charge on any atom is -0.439 e. The second-order valence-corrected chi connectivity index (χ2v) is 3.45. The molecule has 1 aromatic rings. The summed E-state index contributed by atoms with van der Waals surface area (Å²) in [5.74, 6) is 1.02. The average Bonchev–Trinajstić information content (AvgIpc) is 2.27. The highest BCUT2D eigenvalue weighted by molar-refractivity contribution is 5.94. The third-order valence-electron chi connectivity index (χ3n) is 2.10. The maximum atomic E-state index is 5.81. The standard InChI is InChI=1S/C12H13N3O/c1-9-4-2-6-11(13)15-12(16-9)10-5-3-7-14-8-10/h2-5,7-8,11H,1,6,13H2/b4-2-,15-12-. The summed E-state index contributed by atoms with van der Waals surface area (Å²) in [6.07, 6.45) is 7.46. The van der Waals surface area contributed by atoms with Crippen LogP contribution >= 0.6 is 0 Å². The molecule has 1 aromatic heterocycles. The molecule has 0 aromatic carbocycles. The maximum Gasteiger partial charge on any atom is 0.225 e. The summed E-state index contributed by atoms with van der Waals surface area (Å²) in [6, 6.07) is 3.70. The van der Waals surface area contributed by atoms with Crippen molar-refractivity contribution in [1.29, 1.82) is 0 Å². The molecule has 0 saturated heterocycles. The first kappa shape index (κ1) is 10.6. The Labute approximate surface area is 94.2 Å². The molecule has 2 rings (SSSR count). The number of nitrogens with zero attached hydrogens (tertiary/aromatic N) is 2. The maximum absolute atomic E-state index is 5.81. The molecule has 2 heterocycles. The molecular weight excluding hydrogens is 202 g/mol. The highest BCUT2D eigenvalue weighted by Gasteiger charge is 2.10. The predicted octanol–water partition coefficient (Wildman–Crippen LogP) is 1.60. The van der Waals surface area contributed by atoms with Crippen LogP contribution in [0, 0.1) is 0 Å². The Kier molecular flexibility index (Phi) is 3.12. The molecule has 0 spiro atoms. The molecule has 0 fully saturated rings. The average molecular weight is 215 g/mol. The lowest BCUT2D eigenvalue weighted by Gasteiger charge is -2.13. The number of aromatic nitrogens is 1. The molecule has 1 aliphatic heterocycles. The van der Waals surface area contributed by atoms with E-state index in [4.69, 9.17) is 10.5 Å². The quantitative estimate of drug-likeness (QED) is 0.774. The molecule has 0 saturated carbocycles. The van der Waals surface area contributed by atoms with Crippen LogP contribution < -0.4 is 5.73 Å². The van der Waals surface area contributed by atoms with Gasteiger partial charge in [-0.1, -0.05) is 12.7 Å². The third kappa shape index (κ3) is 2.55. The molecule has 16 heavy (non-hydrogen) atoms. The molecule has 1 unspecified atom stereocenters. The van der Waals surface area contributed by atoms with Gasteiger partial charge in [0.15, 0.2) is 0 Å². The summed E-state index contributed by atoms with van der Waals surface area (Å²) < 4.78 is 5.50. The van der Waals surface area contributed by atoms with Crippen molar-refractivity contribution < 1.29 is 4.74 Å². The normalized spacial score (nSPS) is 25.9. The number of hydrogen-bond donors (Lipinski definition) is 1. The molecule has 2 N–H and O–H groups in total. The van der Waals surface area contributed by atoms with E-state index in [1.807, 2.05) is 18.2 Å². The van der Waals surface area contributed by atoms with E-state index < -0.39 is 0 Å². The second kappa shape index (κ2) is 4.72. The first-order valence-electron chi connectivity index (χ1n) is 5.03. The number of hydrogen-bond acceptors (Lipinski definition) is 4. The first-order valence-corrected chi connectivity index (χ1v) is 5.03. The van der Waals surface area contributed by atoms with Gasteiger partial charge in [-0.25, -0.2) is 4.99 Å². The molecule has 82 valence electrons. The highest BCUT2D eigenvalue weighted by Crippen LogP contribution is 2.11. The van der Waals surface area contributed by atoms with Gasteiger partial charge in [0.25, 0.3) is 0 Å². The summed E-state index contributed by atoms with van der Waals surface area (Å²) in [7, 11) is 0. The summed E-state index contributed by atoms with van der Waals surface area (Å²) in [5.41, 5.74) is 6.61. The Hall–Kier alpha value is -1.94. The molecular formula is C12H13N3O. The SMILES string of the molecule is C=C1/C=C\CC(N)/N=C(/c2cccnc2)O1. The van der Waals surface area contributed by atoms with Crippen molar-refractivity contribution in [3.05, 3.63) is 54.6 Å². The van der Waals surface area contributed by atoms with Gasteiger partial charge >= 0.3 is 0 Å². The number of aliphatic imine (C=N–C) groups is 1. The Morgan fingerprint density at radius 2 is 2.38 bits per heavy atom. The molecule has 0 amide bonds. The molecule has 0 radical (unpaired) electrons. The van der Waals surface area contributed by atoms with Gasteiger partial charge in [-0.2, -0.15) is 0 Å². The van der Waals surface area contributed by atoms with E-state index in [1.165, 1.54) is 0 Å². The summed E-state index contributed by atoms with van der Waals surface area (Å²) >= 11 is 0. The van der Waals surface area contributed by atoms with Crippen LogP contribution in [0.2, 0.25) is 0 Å². The fourth-order valence-electron chi connectivity index (χ4n) is 1.35. The zero-order valence-corrected chi connectivity index (χ0v) is 8.84. The van der Waals surface area contributed by atoms with Gasteiger partial charge in [-0.3, -0.25) is 4.98 Å². The molecule has 4 heteroatoms. The van der Waals surface area contributed by atoms with Crippen molar-refractivity contribution >= 4 is 5.90 Å². The predicted molar refractivity (Wildman–Crippen MR) is 62.7 cm³/mol. The smallest absolute Gasteiger partial charge is 0.225 e. The van der Waals surface area contributed by atoms with Gasteiger partial charge in [0.2, 0.25) is 5.90 Å². The number of nitrogens with two attached hydrogens (primary N) is 1. The van der Waals surface area contributed by atoms with E-state index in [2.05, 4.69) is 16.6 Å². The lowest BCUT2D eigenvalue weighted by atomic mass is 10.2. The third-order valence-corrected chi connectivity index (χ3v) is 2.10. The molecule has 4 nitrogen and oxygen atoms in total. The number of rotatable bonds is 1. The van der Waals surface area contributed by atoms with Crippen molar-refractivity contribution in [3.8, 4) is 0 Å². The summed E-state index contributed by atoms with van der Waals surface area (Å²) in [4.78, 5) is 8.29. The van der Waals surface area contributed by atoms with Crippen LogP contribution in [-0.4, -0.2) is 17.0 Å². The van der Waals surface area contributed by atoms with E-state index in [9.17, 15) is 0 Å². The van der Waals surface area contributed by atoms with Gasteiger partial charge in [0.05, 0.1) is 5.56 Å². The second-order valence-electron chi connectivity index (χ2n) is 3.45. The van der Waals surface area contributed by atoms with Crippen LogP contribution in [0.4, 0.5) is 0 Å². The molecule has 1 atom stereocenters. The number of pyridine rings is 1. The fourth-order valence-corrected chi connectivity index (χ4v) is 1.35. The Morgan fingerprint density at radius 3 is 3.12 bits per heavy atom. The van der Waals surface area contributed by atoms with Crippen molar-refractivity contribution in [2.45, 2.75) is 12.6 Å². The molecule has 1 aliphatic rings. The van der Waals surface area contributed by atoms with Crippen molar-refractivity contribution in [2.24, 2.45) is 10.7 Å². The molecule has 0 aliphatic carbocycles. The van der Waals surface area contributed by atoms with Gasteiger partial charge in [0.1, 0.15) is 11.9 Å². The van der Waals surface area contributed by atoms with Crippen LogP contribution in [0.3, 0.4) is 0 Å². The lowest BCUT2D eigenvalue weighted by molar-refractivity contribution is 0.427. The van der Waals surface area contributed by atoms with Gasteiger partial charge in [0, 0.05) is 18.8 Å². The van der Waals surface area contributed by atoms with Crippen LogP contribution in [0.25, 0.3) is 0 Å². The van der Waals surface area contributed by atoms with Crippen LogP contribution in [0.15, 0.2) is 54.0 Å². The van der Waals surface area contributed by atoms with E-state index >= 15 is 0 Å². The van der Waals surface area contributed by atoms with Crippen LogP contribution in [0.5, 0.6) is 0 Å². The van der Waals surface area contributed by atoms with E-state index in [-0.39, 0.29) is 6.17 Å². The number of allylic oxidation sites excluding steroid dienone is 1. The van der Waals surface area contributed by atoms with Gasteiger partial charge in [-0.15, -0.1) is 0 Å². The molecule has 0 bridgehead atoms.